The molecule has 31 heavy (non-hydrogen) atoms. The van der Waals surface area contributed by atoms with Crippen LogP contribution >= 0.6 is 0 Å². The molecule has 1 aromatic carbocycles. The zero-order valence-corrected chi connectivity index (χ0v) is 18.3. The van der Waals surface area contributed by atoms with E-state index in [1.54, 1.807) is 10.7 Å². The van der Waals surface area contributed by atoms with E-state index in [4.69, 9.17) is 4.99 Å². The maximum atomic E-state index is 12.4. The Morgan fingerprint density at radius 3 is 2.74 bits per heavy atom. The Morgan fingerprint density at radius 1 is 1.26 bits per heavy atom. The summed E-state index contributed by atoms with van der Waals surface area (Å²) < 4.78 is 1.78. The first-order chi connectivity index (χ1) is 14.9. The highest BCUT2D eigenvalue weighted by Gasteiger charge is 2.48. The predicted octanol–water partition coefficient (Wildman–Crippen LogP) is 4.68. The van der Waals surface area contributed by atoms with Crippen LogP contribution in [0, 0.1) is 5.92 Å². The predicted molar refractivity (Wildman–Crippen MR) is 125 cm³/mol. The number of nitrogens with one attached hydrogen (secondary N) is 1. The first kappa shape index (κ1) is 20.9. The van der Waals surface area contributed by atoms with Gasteiger partial charge in [-0.25, -0.2) is 4.79 Å². The van der Waals surface area contributed by atoms with Gasteiger partial charge in [-0.2, -0.15) is 0 Å². The van der Waals surface area contributed by atoms with Gasteiger partial charge in [0.15, 0.2) is 11.9 Å². The molecule has 2 amide bonds. The molecule has 1 aromatic rings. The van der Waals surface area contributed by atoms with Crippen LogP contribution in [0.5, 0.6) is 0 Å². The Balaban J connectivity index is 1.60. The van der Waals surface area contributed by atoms with E-state index in [2.05, 4.69) is 18.3 Å². The number of fused-ring (bicyclic) bond motifs is 3. The summed E-state index contributed by atoms with van der Waals surface area (Å²) in [5.41, 5.74) is 5.10. The first-order valence-electron chi connectivity index (χ1n) is 10.7. The second-order valence-corrected chi connectivity index (χ2v) is 8.49. The lowest BCUT2D eigenvalue weighted by molar-refractivity contribution is -0.397. The minimum Gasteiger partial charge on any atom is -0.326 e. The van der Waals surface area contributed by atoms with Gasteiger partial charge in [0.05, 0.1) is 11.6 Å². The van der Waals surface area contributed by atoms with Crippen LogP contribution in [0.4, 0.5) is 5.69 Å². The lowest BCUT2D eigenvalue weighted by Crippen LogP contribution is -2.42. The summed E-state index contributed by atoms with van der Waals surface area (Å²) in [6.45, 7) is 5.58. The minimum absolute atomic E-state index is 0.0173. The molecule has 1 heterocycles. The first-order valence-corrected chi connectivity index (χ1v) is 10.7. The molecular formula is C26H28N3O2+. The van der Waals surface area contributed by atoms with Crippen molar-refractivity contribution >= 4 is 36.0 Å². The van der Waals surface area contributed by atoms with Crippen LogP contribution in [-0.2, 0) is 9.59 Å². The van der Waals surface area contributed by atoms with Crippen molar-refractivity contribution in [3.63, 3.8) is 0 Å². The van der Waals surface area contributed by atoms with Gasteiger partial charge in [-0.15, -0.1) is 4.58 Å². The molecular weight excluding hydrogens is 386 g/mol. The SMILES string of the molecule is CC=[N+]1C(=O)C=CC2=C1C[C@H]1C=C(C)C[C@]2(N=CC=Cc2ccc(NC(C)=O)cc2)C1. The van der Waals surface area contributed by atoms with E-state index in [0.717, 1.165) is 36.2 Å². The largest absolute Gasteiger partial charge is 0.417 e. The summed E-state index contributed by atoms with van der Waals surface area (Å²) in [6.07, 6.45) is 16.4. The molecule has 0 aromatic heterocycles. The lowest BCUT2D eigenvalue weighted by Gasteiger charge is -2.42. The number of amides is 2. The van der Waals surface area contributed by atoms with Crippen LogP contribution in [0.1, 0.15) is 45.6 Å². The molecule has 5 nitrogen and oxygen atoms in total. The molecule has 0 fully saturated rings. The summed E-state index contributed by atoms with van der Waals surface area (Å²) in [5, 5.41) is 2.77. The molecule has 3 aliphatic rings. The summed E-state index contributed by atoms with van der Waals surface area (Å²) in [5.74, 6) is 0.337. The fourth-order valence-electron chi connectivity index (χ4n) is 4.97. The second kappa shape index (κ2) is 8.42. The molecule has 0 saturated carbocycles. The highest BCUT2D eigenvalue weighted by atomic mass is 16.2. The number of hydrogen-bond donors (Lipinski definition) is 1. The number of nitrogens with zero attached hydrogens (tertiary/aromatic N) is 2. The van der Waals surface area contributed by atoms with Crippen LogP contribution in [0.15, 0.2) is 70.4 Å². The van der Waals surface area contributed by atoms with Gasteiger partial charge in [-0.05, 0) is 55.5 Å². The van der Waals surface area contributed by atoms with Crippen LogP contribution in [-0.4, -0.2) is 34.4 Å². The van der Waals surface area contributed by atoms with Crippen LogP contribution < -0.4 is 5.32 Å². The maximum Gasteiger partial charge on any atom is 0.417 e. The summed E-state index contributed by atoms with van der Waals surface area (Å²) in [6, 6.07) is 7.69. The van der Waals surface area contributed by atoms with Crippen molar-refractivity contribution in [1.29, 1.82) is 0 Å². The topological polar surface area (TPSA) is 61.5 Å². The van der Waals surface area contributed by atoms with Crippen molar-refractivity contribution in [2.45, 2.75) is 45.6 Å². The van der Waals surface area contributed by atoms with E-state index in [1.165, 1.54) is 18.1 Å². The third-order valence-electron chi connectivity index (χ3n) is 6.07. The second-order valence-electron chi connectivity index (χ2n) is 8.49. The fourth-order valence-corrected chi connectivity index (χ4v) is 4.97. The van der Waals surface area contributed by atoms with Crippen LogP contribution in [0.2, 0.25) is 0 Å². The molecule has 0 unspecified atom stereocenters. The minimum atomic E-state index is -0.324. The Bertz CT molecular complexity index is 1100. The third kappa shape index (κ3) is 4.26. The summed E-state index contributed by atoms with van der Waals surface area (Å²) in [4.78, 5) is 28.6. The van der Waals surface area contributed by atoms with Crippen molar-refractivity contribution in [2.75, 3.05) is 5.32 Å². The molecule has 2 atom stereocenters. The summed E-state index contributed by atoms with van der Waals surface area (Å²) in [7, 11) is 0. The molecule has 0 radical (unpaired) electrons. The van der Waals surface area contributed by atoms with Gasteiger partial charge in [-0.1, -0.05) is 29.9 Å². The zero-order chi connectivity index (χ0) is 22.0. The van der Waals surface area contributed by atoms with Gasteiger partial charge >= 0.3 is 5.91 Å². The highest BCUT2D eigenvalue weighted by Crippen LogP contribution is 2.49. The Kier molecular flexibility index (Phi) is 5.68. The molecule has 4 rings (SSSR count). The fraction of sp³-hybridized carbons (Fsp3) is 0.308. The van der Waals surface area contributed by atoms with Crippen molar-refractivity contribution in [3.05, 3.63) is 71.0 Å². The molecule has 1 N–H and O–H groups in total. The van der Waals surface area contributed by atoms with Crippen molar-refractivity contribution in [3.8, 4) is 0 Å². The number of carbonyl (C=O) groups excluding carboxylic acids is 2. The van der Waals surface area contributed by atoms with Crippen molar-refractivity contribution in [1.82, 2.24) is 0 Å². The number of rotatable bonds is 4. The van der Waals surface area contributed by atoms with Gasteiger partial charge in [0.2, 0.25) is 5.91 Å². The van der Waals surface area contributed by atoms with Gasteiger partial charge in [-0.3, -0.25) is 9.79 Å². The highest BCUT2D eigenvalue weighted by molar-refractivity contribution is 5.89. The van der Waals surface area contributed by atoms with E-state index in [1.807, 2.05) is 61.8 Å². The van der Waals surface area contributed by atoms with E-state index in [-0.39, 0.29) is 17.4 Å². The molecule has 5 heteroatoms. The average Bonchev–Trinajstić information content (AvgIpc) is 2.71. The van der Waals surface area contributed by atoms with E-state index < -0.39 is 0 Å². The number of allylic oxidation sites excluding steroid dienone is 3. The molecule has 0 spiro atoms. The van der Waals surface area contributed by atoms with Gasteiger partial charge < -0.3 is 5.32 Å². The average molecular weight is 415 g/mol. The number of benzene rings is 1. The van der Waals surface area contributed by atoms with Crippen LogP contribution in [0.3, 0.4) is 0 Å². The number of aliphatic imine (C=N–C) groups is 1. The van der Waals surface area contributed by atoms with E-state index in [0.29, 0.717) is 5.92 Å². The Hall–Kier alpha value is -3.34. The van der Waals surface area contributed by atoms with E-state index in [9.17, 15) is 9.59 Å². The monoisotopic (exact) mass is 414 g/mol. The zero-order valence-electron chi connectivity index (χ0n) is 18.3. The molecule has 0 saturated heterocycles. The van der Waals surface area contributed by atoms with Gasteiger partial charge in [0.1, 0.15) is 0 Å². The number of hydrogen-bond acceptors (Lipinski definition) is 3. The van der Waals surface area contributed by atoms with Crippen LogP contribution in [0.25, 0.3) is 6.08 Å². The smallest absolute Gasteiger partial charge is 0.326 e. The van der Waals surface area contributed by atoms with Gasteiger partial charge in [0.25, 0.3) is 0 Å². The molecule has 158 valence electrons. The normalized spacial score (nSPS) is 26.5. The molecule has 2 bridgehead atoms. The maximum absolute atomic E-state index is 12.4. The van der Waals surface area contributed by atoms with Gasteiger partial charge in [0, 0.05) is 37.7 Å². The lowest BCUT2D eigenvalue weighted by atomic mass is 9.66. The summed E-state index contributed by atoms with van der Waals surface area (Å²) >= 11 is 0. The van der Waals surface area contributed by atoms with Crippen molar-refractivity contribution in [2.24, 2.45) is 10.9 Å². The molecule has 1 aliphatic heterocycles. The molecule has 2 aliphatic carbocycles. The standard InChI is InChI=1S/C26H27N3O2/c1-4-29-24-15-21-14-18(2)16-26(17-21,23(24)11-12-25(29)31)27-13-5-6-20-7-9-22(10-8-20)28-19(3)30/h4-14,21H,15-17H2,1-3H3/p+1/t21-,26+/m1/s1. The van der Waals surface area contributed by atoms with E-state index >= 15 is 0 Å². The Morgan fingerprint density at radius 2 is 2.03 bits per heavy atom. The number of anilines is 1. The third-order valence-corrected chi connectivity index (χ3v) is 6.07. The Labute approximate surface area is 183 Å². The number of carbonyl (C=O) groups is 2. The quantitative estimate of drug-likeness (QED) is 0.442. The van der Waals surface area contributed by atoms with Crippen molar-refractivity contribution < 1.29 is 14.2 Å².